The zero-order valence-electron chi connectivity index (χ0n) is 13.1. The largest absolute Gasteiger partial charge is 0.369 e. The Balaban J connectivity index is 1.69. The monoisotopic (exact) mass is 303 g/mol. The third-order valence-electron chi connectivity index (χ3n) is 4.33. The van der Waals surface area contributed by atoms with Crippen molar-refractivity contribution in [3.8, 4) is 0 Å². The summed E-state index contributed by atoms with van der Waals surface area (Å²) in [5.74, 6) is 0.0873. The summed E-state index contributed by atoms with van der Waals surface area (Å²) in [4.78, 5) is 25.2. The van der Waals surface area contributed by atoms with Gasteiger partial charge in [-0.25, -0.2) is 0 Å². The number of primary amides is 1. The van der Waals surface area contributed by atoms with Crippen molar-refractivity contribution in [2.24, 2.45) is 11.7 Å². The molecule has 5 nitrogen and oxygen atoms in total. The number of nitrogens with zero attached hydrogens (tertiary/aromatic N) is 1. The molecular formula is C17H25N3O2. The van der Waals surface area contributed by atoms with Crippen LogP contribution in [0.4, 0.5) is 0 Å². The average Bonchev–Trinajstić information content (AvgIpc) is 2.54. The Bertz CT molecular complexity index is 496. The molecule has 0 saturated carbocycles. The number of amides is 2. The van der Waals surface area contributed by atoms with E-state index < -0.39 is 0 Å². The SMILES string of the molecule is C[C@H](CNC(=O)CN1CCC(C(N)=O)CC1)c1ccccc1. The van der Waals surface area contributed by atoms with Gasteiger partial charge in [-0.15, -0.1) is 0 Å². The highest BCUT2D eigenvalue weighted by Gasteiger charge is 2.24. The van der Waals surface area contributed by atoms with Gasteiger partial charge in [-0.1, -0.05) is 37.3 Å². The summed E-state index contributed by atoms with van der Waals surface area (Å²) in [7, 11) is 0. The number of likely N-dealkylation sites (tertiary alicyclic amines) is 1. The number of nitrogens with one attached hydrogen (secondary N) is 1. The lowest BCUT2D eigenvalue weighted by molar-refractivity contribution is -0.124. The lowest BCUT2D eigenvalue weighted by atomic mass is 9.96. The smallest absolute Gasteiger partial charge is 0.234 e. The zero-order chi connectivity index (χ0) is 15.9. The Labute approximate surface area is 131 Å². The first kappa shape index (κ1) is 16.5. The first-order chi connectivity index (χ1) is 10.6. The van der Waals surface area contributed by atoms with Crippen LogP contribution in [-0.2, 0) is 9.59 Å². The summed E-state index contributed by atoms with van der Waals surface area (Å²) in [6.45, 7) is 4.66. The molecule has 1 aliphatic heterocycles. The maximum absolute atomic E-state index is 12.0. The second kappa shape index (κ2) is 7.94. The molecule has 2 rings (SSSR count). The van der Waals surface area contributed by atoms with E-state index in [4.69, 9.17) is 5.73 Å². The van der Waals surface area contributed by atoms with Crippen molar-refractivity contribution in [1.82, 2.24) is 10.2 Å². The fourth-order valence-electron chi connectivity index (χ4n) is 2.80. The topological polar surface area (TPSA) is 75.4 Å². The summed E-state index contributed by atoms with van der Waals surface area (Å²) in [5, 5.41) is 2.99. The summed E-state index contributed by atoms with van der Waals surface area (Å²) in [6.07, 6.45) is 1.51. The van der Waals surface area contributed by atoms with Crippen LogP contribution in [0.3, 0.4) is 0 Å². The third kappa shape index (κ3) is 4.84. The van der Waals surface area contributed by atoms with Crippen LogP contribution < -0.4 is 11.1 Å². The Morgan fingerprint density at radius 1 is 1.27 bits per heavy atom. The minimum atomic E-state index is -0.221. The average molecular weight is 303 g/mol. The molecule has 0 unspecified atom stereocenters. The molecule has 1 fully saturated rings. The molecule has 120 valence electrons. The van der Waals surface area contributed by atoms with Crippen LogP contribution >= 0.6 is 0 Å². The van der Waals surface area contributed by atoms with Gasteiger partial charge in [0.1, 0.15) is 0 Å². The number of benzene rings is 1. The predicted molar refractivity (Wildman–Crippen MR) is 86.2 cm³/mol. The molecule has 5 heteroatoms. The van der Waals surface area contributed by atoms with E-state index in [0.717, 1.165) is 25.9 Å². The Morgan fingerprint density at radius 3 is 2.50 bits per heavy atom. The van der Waals surface area contributed by atoms with Gasteiger partial charge in [0.05, 0.1) is 6.54 Å². The van der Waals surface area contributed by atoms with Crippen molar-refractivity contribution < 1.29 is 9.59 Å². The predicted octanol–water partition coefficient (Wildman–Crippen LogP) is 1.10. The second-order valence-electron chi connectivity index (χ2n) is 6.07. The van der Waals surface area contributed by atoms with Crippen molar-refractivity contribution >= 4 is 11.8 Å². The van der Waals surface area contributed by atoms with E-state index in [9.17, 15) is 9.59 Å². The van der Waals surface area contributed by atoms with Gasteiger partial charge in [-0.3, -0.25) is 14.5 Å². The van der Waals surface area contributed by atoms with Gasteiger partial charge in [0, 0.05) is 12.5 Å². The summed E-state index contributed by atoms with van der Waals surface area (Å²) in [6, 6.07) is 10.2. The third-order valence-corrected chi connectivity index (χ3v) is 4.33. The molecule has 0 spiro atoms. The number of carbonyl (C=O) groups is 2. The molecule has 0 bridgehead atoms. The van der Waals surface area contributed by atoms with E-state index in [0.29, 0.717) is 19.0 Å². The lowest BCUT2D eigenvalue weighted by Gasteiger charge is -2.29. The number of hydrogen-bond donors (Lipinski definition) is 2. The fourth-order valence-corrected chi connectivity index (χ4v) is 2.80. The van der Waals surface area contributed by atoms with E-state index in [2.05, 4.69) is 29.3 Å². The lowest BCUT2D eigenvalue weighted by Crippen LogP contribution is -2.44. The number of hydrogen-bond acceptors (Lipinski definition) is 3. The molecule has 1 aliphatic rings. The van der Waals surface area contributed by atoms with Crippen LogP contribution in [0.2, 0.25) is 0 Å². The molecule has 1 aromatic rings. The molecule has 1 saturated heterocycles. The number of nitrogens with two attached hydrogens (primary N) is 1. The minimum Gasteiger partial charge on any atom is -0.369 e. The molecule has 1 atom stereocenters. The van der Waals surface area contributed by atoms with E-state index in [1.807, 2.05) is 18.2 Å². The van der Waals surface area contributed by atoms with Crippen molar-refractivity contribution in [2.75, 3.05) is 26.2 Å². The highest BCUT2D eigenvalue weighted by Crippen LogP contribution is 2.16. The van der Waals surface area contributed by atoms with Crippen LogP contribution in [0, 0.1) is 5.92 Å². The van der Waals surface area contributed by atoms with Gasteiger partial charge < -0.3 is 11.1 Å². The normalized spacial score (nSPS) is 17.9. The second-order valence-corrected chi connectivity index (χ2v) is 6.07. The summed E-state index contributed by atoms with van der Waals surface area (Å²) < 4.78 is 0. The van der Waals surface area contributed by atoms with Crippen molar-refractivity contribution in [1.29, 1.82) is 0 Å². The number of carbonyl (C=O) groups excluding carboxylic acids is 2. The summed E-state index contributed by atoms with van der Waals surface area (Å²) >= 11 is 0. The Morgan fingerprint density at radius 2 is 1.91 bits per heavy atom. The van der Waals surface area contributed by atoms with Crippen LogP contribution in [0.5, 0.6) is 0 Å². The molecule has 0 aromatic heterocycles. The van der Waals surface area contributed by atoms with Crippen molar-refractivity contribution in [2.45, 2.75) is 25.7 Å². The Kier molecular flexibility index (Phi) is 5.95. The molecule has 22 heavy (non-hydrogen) atoms. The highest BCUT2D eigenvalue weighted by molar-refractivity contribution is 5.78. The summed E-state index contributed by atoms with van der Waals surface area (Å²) in [5.41, 5.74) is 6.54. The first-order valence-corrected chi connectivity index (χ1v) is 7.89. The standard InChI is InChI=1S/C17H25N3O2/c1-13(14-5-3-2-4-6-14)11-19-16(21)12-20-9-7-15(8-10-20)17(18)22/h2-6,13,15H,7-12H2,1H3,(H2,18,22)(H,19,21)/t13-/m1/s1. The number of piperidine rings is 1. The van der Waals surface area contributed by atoms with E-state index in [-0.39, 0.29) is 17.7 Å². The van der Waals surface area contributed by atoms with E-state index >= 15 is 0 Å². The van der Waals surface area contributed by atoms with E-state index in [1.54, 1.807) is 0 Å². The van der Waals surface area contributed by atoms with Crippen LogP contribution in [0.15, 0.2) is 30.3 Å². The van der Waals surface area contributed by atoms with Gasteiger partial charge >= 0.3 is 0 Å². The van der Waals surface area contributed by atoms with Crippen LogP contribution in [-0.4, -0.2) is 42.9 Å². The number of rotatable bonds is 6. The Hall–Kier alpha value is -1.88. The van der Waals surface area contributed by atoms with Crippen LogP contribution in [0.25, 0.3) is 0 Å². The maximum Gasteiger partial charge on any atom is 0.234 e. The molecule has 2 amide bonds. The van der Waals surface area contributed by atoms with Crippen molar-refractivity contribution in [3.63, 3.8) is 0 Å². The molecule has 1 heterocycles. The van der Waals surface area contributed by atoms with Crippen molar-refractivity contribution in [3.05, 3.63) is 35.9 Å². The van der Waals surface area contributed by atoms with Gasteiger partial charge in [0.15, 0.2) is 0 Å². The minimum absolute atomic E-state index is 0.0302. The molecule has 3 N–H and O–H groups in total. The fraction of sp³-hybridized carbons (Fsp3) is 0.529. The van der Waals surface area contributed by atoms with Crippen LogP contribution in [0.1, 0.15) is 31.2 Å². The van der Waals surface area contributed by atoms with E-state index in [1.165, 1.54) is 5.56 Å². The van der Waals surface area contributed by atoms with Gasteiger partial charge in [-0.05, 0) is 37.4 Å². The highest BCUT2D eigenvalue weighted by atomic mass is 16.2. The van der Waals surface area contributed by atoms with Gasteiger partial charge in [0.2, 0.25) is 11.8 Å². The molecule has 1 aromatic carbocycles. The molecule has 0 aliphatic carbocycles. The van der Waals surface area contributed by atoms with Gasteiger partial charge in [0.25, 0.3) is 0 Å². The molecule has 0 radical (unpaired) electrons. The van der Waals surface area contributed by atoms with Gasteiger partial charge in [-0.2, -0.15) is 0 Å². The quantitative estimate of drug-likeness (QED) is 0.826. The maximum atomic E-state index is 12.0. The first-order valence-electron chi connectivity index (χ1n) is 7.89. The zero-order valence-corrected chi connectivity index (χ0v) is 13.1. The molecular weight excluding hydrogens is 278 g/mol.